The van der Waals surface area contributed by atoms with Gasteiger partial charge in [-0.25, -0.2) is 4.79 Å². The lowest BCUT2D eigenvalue weighted by Gasteiger charge is -2.38. The first-order chi connectivity index (χ1) is 20.3. The van der Waals surface area contributed by atoms with Gasteiger partial charge < -0.3 is 14.7 Å². The molecule has 14 heteroatoms. The molecule has 0 bridgehead atoms. The van der Waals surface area contributed by atoms with Gasteiger partial charge in [0.25, 0.3) is 11.1 Å². The number of carbonyl (C=O) groups is 3. The van der Waals surface area contributed by atoms with E-state index in [-0.39, 0.29) is 54.1 Å². The number of hydrogen-bond donors (Lipinski definition) is 1. The zero-order valence-corrected chi connectivity index (χ0v) is 24.7. The van der Waals surface area contributed by atoms with Crippen molar-refractivity contribution in [2.24, 2.45) is 5.92 Å². The van der Waals surface area contributed by atoms with Crippen LogP contribution < -0.4 is 0 Å². The quantitative estimate of drug-likeness (QED) is 0.330. The van der Waals surface area contributed by atoms with E-state index in [1.165, 1.54) is 34.0 Å². The van der Waals surface area contributed by atoms with Gasteiger partial charge in [-0.1, -0.05) is 37.6 Å². The highest BCUT2D eigenvalue weighted by atomic mass is 35.5. The van der Waals surface area contributed by atoms with Crippen LogP contribution in [0.2, 0.25) is 5.02 Å². The topological polar surface area (TPSA) is 105 Å². The van der Waals surface area contributed by atoms with Gasteiger partial charge in [-0.2, -0.15) is 18.3 Å². The van der Waals surface area contributed by atoms with Crippen LogP contribution in [-0.2, 0) is 22.3 Å². The maximum absolute atomic E-state index is 13.6. The van der Waals surface area contributed by atoms with Crippen LogP contribution in [0, 0.1) is 5.92 Å². The van der Waals surface area contributed by atoms with E-state index in [1.807, 2.05) is 13.8 Å². The molecule has 0 radical (unpaired) electrons. The highest BCUT2D eigenvalue weighted by Gasteiger charge is 2.45. The summed E-state index contributed by atoms with van der Waals surface area (Å²) in [5.41, 5.74) is 0.317. The van der Waals surface area contributed by atoms with Crippen molar-refractivity contribution in [3.8, 4) is 0 Å². The molecule has 1 N–H and O–H groups in total. The van der Waals surface area contributed by atoms with Crippen LogP contribution in [0.1, 0.15) is 37.0 Å². The predicted molar refractivity (Wildman–Crippen MR) is 155 cm³/mol. The van der Waals surface area contributed by atoms with E-state index in [0.29, 0.717) is 16.5 Å². The zero-order valence-electron chi connectivity index (χ0n) is 23.2. The Labute approximate surface area is 254 Å². The Morgan fingerprint density at radius 1 is 1.23 bits per heavy atom. The number of alkyl halides is 3. The number of aromatic nitrogens is 2. The van der Waals surface area contributed by atoms with Crippen LogP contribution in [0.3, 0.4) is 0 Å². The van der Waals surface area contributed by atoms with Crippen molar-refractivity contribution in [2.75, 3.05) is 19.7 Å². The molecule has 2 unspecified atom stereocenters. The molecule has 2 aromatic carbocycles. The minimum absolute atomic E-state index is 0.0105. The number of imide groups is 1. The molecule has 5 rings (SSSR count). The lowest BCUT2D eigenvalue weighted by Crippen LogP contribution is -2.57. The molecule has 2 aliphatic heterocycles. The summed E-state index contributed by atoms with van der Waals surface area (Å²) in [7, 11) is 0. The van der Waals surface area contributed by atoms with E-state index in [1.54, 1.807) is 18.2 Å². The molecule has 228 valence electrons. The first-order valence-corrected chi connectivity index (χ1v) is 14.7. The standard InChI is InChI=1S/C29H28ClF3N4O5S/c1-16(2)15-42-27(40)35-8-7-24(38)23(14-35)37-26(39)25(43-28(37)41)10-17-3-6-22-19(9-17)12-34-36(22)13-18-4-5-20(30)11-21(18)29(31,32)33/h3-6,9-12,16,23-24,38H,7-8,13-15H2,1-2H3/b25-10-. The SMILES string of the molecule is CC(C)COC(=O)N1CCC(O)C(N2C(=O)S/C(=C\c3ccc4c(cnn4Cc4ccc(Cl)cc4C(F)(F)F)c3)C2=O)C1. The number of hydrogen-bond acceptors (Lipinski definition) is 7. The van der Waals surface area contributed by atoms with E-state index >= 15 is 0 Å². The van der Waals surface area contributed by atoms with Crippen LogP contribution in [0.15, 0.2) is 47.5 Å². The summed E-state index contributed by atoms with van der Waals surface area (Å²) in [4.78, 5) is 41.2. The average molecular weight is 637 g/mol. The van der Waals surface area contributed by atoms with Crippen molar-refractivity contribution in [3.05, 3.63) is 69.2 Å². The molecule has 3 amide bonds. The summed E-state index contributed by atoms with van der Waals surface area (Å²) in [5.74, 6) is -0.449. The lowest BCUT2D eigenvalue weighted by atomic mass is 10.0. The average Bonchev–Trinajstić information content (AvgIpc) is 3.46. The number of thioether (sulfide) groups is 1. The van der Waals surface area contributed by atoms with Crippen LogP contribution >= 0.6 is 23.4 Å². The molecule has 2 fully saturated rings. The number of nitrogens with zero attached hydrogens (tertiary/aromatic N) is 4. The first-order valence-electron chi connectivity index (χ1n) is 13.5. The first kappa shape index (κ1) is 30.9. The molecule has 0 saturated carbocycles. The molecule has 2 aliphatic rings. The van der Waals surface area contributed by atoms with E-state index in [4.69, 9.17) is 16.3 Å². The fourth-order valence-corrected chi connectivity index (χ4v) is 6.08. The summed E-state index contributed by atoms with van der Waals surface area (Å²) >= 11 is 6.52. The summed E-state index contributed by atoms with van der Waals surface area (Å²) in [6, 6.07) is 7.73. The Balaban J connectivity index is 1.33. The van der Waals surface area contributed by atoms with Gasteiger partial charge in [0.05, 0.1) is 47.5 Å². The fraction of sp³-hybridized carbons (Fsp3) is 0.379. The van der Waals surface area contributed by atoms with Crippen molar-refractivity contribution in [2.45, 2.75) is 45.1 Å². The van der Waals surface area contributed by atoms with E-state index in [9.17, 15) is 32.7 Å². The molecule has 3 heterocycles. The highest BCUT2D eigenvalue weighted by molar-refractivity contribution is 8.18. The number of halogens is 4. The maximum Gasteiger partial charge on any atom is 0.416 e. The van der Waals surface area contributed by atoms with Crippen molar-refractivity contribution < 1.29 is 37.4 Å². The highest BCUT2D eigenvalue weighted by Crippen LogP contribution is 2.37. The van der Waals surface area contributed by atoms with Gasteiger partial charge in [-0.15, -0.1) is 0 Å². The zero-order chi connectivity index (χ0) is 31.1. The van der Waals surface area contributed by atoms with E-state index in [2.05, 4.69) is 5.10 Å². The number of benzene rings is 2. The fourth-order valence-electron chi connectivity index (χ4n) is 5.02. The molecule has 2 atom stereocenters. The smallest absolute Gasteiger partial charge is 0.416 e. The largest absolute Gasteiger partial charge is 0.449 e. The van der Waals surface area contributed by atoms with Gasteiger partial charge in [0.2, 0.25) is 0 Å². The number of carbonyl (C=O) groups excluding carboxylic acids is 3. The minimum Gasteiger partial charge on any atom is -0.449 e. The molecule has 3 aromatic rings. The second-order valence-electron chi connectivity index (χ2n) is 10.8. The summed E-state index contributed by atoms with van der Waals surface area (Å²) in [6.45, 7) is 4.09. The third kappa shape index (κ3) is 6.68. The Bertz CT molecular complexity index is 1610. The number of amides is 3. The molecule has 0 spiro atoms. The maximum atomic E-state index is 13.6. The van der Waals surface area contributed by atoms with Gasteiger partial charge in [0.15, 0.2) is 0 Å². The molecule has 2 saturated heterocycles. The Morgan fingerprint density at radius 2 is 2.00 bits per heavy atom. The summed E-state index contributed by atoms with van der Waals surface area (Å²) in [5, 5.41) is 14.9. The van der Waals surface area contributed by atoms with Gasteiger partial charge in [0, 0.05) is 23.5 Å². The van der Waals surface area contributed by atoms with Gasteiger partial charge in [0.1, 0.15) is 0 Å². The van der Waals surface area contributed by atoms with Crippen molar-refractivity contribution in [3.63, 3.8) is 0 Å². The van der Waals surface area contributed by atoms with Crippen LogP contribution in [0.25, 0.3) is 17.0 Å². The van der Waals surface area contributed by atoms with E-state index in [0.717, 1.165) is 22.7 Å². The molecular formula is C29H28ClF3N4O5S. The normalized spacial score (nSPS) is 20.6. The number of piperidine rings is 1. The van der Waals surface area contributed by atoms with Crippen molar-refractivity contribution in [1.29, 1.82) is 0 Å². The van der Waals surface area contributed by atoms with Crippen molar-refractivity contribution >= 4 is 57.6 Å². The van der Waals surface area contributed by atoms with Crippen LogP contribution in [-0.4, -0.2) is 73.8 Å². The van der Waals surface area contributed by atoms with Gasteiger partial charge >= 0.3 is 12.3 Å². The van der Waals surface area contributed by atoms with Gasteiger partial charge in [-0.3, -0.25) is 19.2 Å². The molecule has 43 heavy (non-hydrogen) atoms. The second kappa shape index (κ2) is 12.2. The molecule has 9 nitrogen and oxygen atoms in total. The second-order valence-corrected chi connectivity index (χ2v) is 12.2. The van der Waals surface area contributed by atoms with Crippen LogP contribution in [0.4, 0.5) is 22.8 Å². The molecule has 1 aromatic heterocycles. The molecule has 0 aliphatic carbocycles. The number of aliphatic hydroxyl groups excluding tert-OH is 1. The number of rotatable bonds is 6. The van der Waals surface area contributed by atoms with Crippen LogP contribution in [0.5, 0.6) is 0 Å². The monoisotopic (exact) mass is 636 g/mol. The van der Waals surface area contributed by atoms with Crippen molar-refractivity contribution in [1.82, 2.24) is 19.6 Å². The number of aliphatic hydroxyl groups is 1. The summed E-state index contributed by atoms with van der Waals surface area (Å²) < 4.78 is 47.4. The third-order valence-corrected chi connectivity index (χ3v) is 8.28. The van der Waals surface area contributed by atoms with Gasteiger partial charge in [-0.05, 0) is 65.6 Å². The number of ether oxygens (including phenoxy) is 1. The molecular weight excluding hydrogens is 609 g/mol. The Kier molecular flexibility index (Phi) is 8.77. The lowest BCUT2D eigenvalue weighted by molar-refractivity contribution is -0.138. The Morgan fingerprint density at radius 3 is 2.72 bits per heavy atom. The number of fused-ring (bicyclic) bond motifs is 1. The Hall–Kier alpha value is -3.55. The number of likely N-dealkylation sites (tertiary alicyclic amines) is 1. The summed E-state index contributed by atoms with van der Waals surface area (Å²) in [6.07, 6.45) is -2.92. The third-order valence-electron chi connectivity index (χ3n) is 7.16. The van der Waals surface area contributed by atoms with E-state index < -0.39 is 41.1 Å². The minimum atomic E-state index is -4.58. The predicted octanol–water partition coefficient (Wildman–Crippen LogP) is 6.02.